The lowest BCUT2D eigenvalue weighted by molar-refractivity contribution is -0.150. The van der Waals surface area contributed by atoms with E-state index in [-0.39, 0.29) is 22.2 Å². The van der Waals surface area contributed by atoms with Crippen molar-refractivity contribution in [3.8, 4) is 0 Å². The summed E-state index contributed by atoms with van der Waals surface area (Å²) in [5.74, 6) is -1.93. The fraction of sp³-hybridized carbons (Fsp3) is 0.312. The highest BCUT2D eigenvalue weighted by atomic mass is 32.2. The molecule has 13 nitrogen and oxygen atoms in total. The maximum atomic E-state index is 12.8. The number of nitrogens with one attached hydrogen (secondary N) is 1. The number of β-lactam (4-membered cyclic amide) rings is 1. The van der Waals surface area contributed by atoms with Gasteiger partial charge < -0.3 is 25.9 Å². The molecule has 1 unspecified atom stereocenters. The van der Waals surface area contributed by atoms with E-state index < -0.39 is 29.2 Å². The molecule has 0 radical (unpaired) electrons. The minimum absolute atomic E-state index is 0.0710. The van der Waals surface area contributed by atoms with Crippen LogP contribution in [-0.4, -0.2) is 81.4 Å². The number of thioether (sulfide) groups is 2. The second kappa shape index (κ2) is 8.79. The third-order valence-corrected chi connectivity index (χ3v) is 7.80. The van der Waals surface area contributed by atoms with E-state index in [9.17, 15) is 24.7 Å². The number of thiazole rings is 1. The lowest BCUT2D eigenvalue weighted by Crippen LogP contribution is -2.71. The Hall–Kier alpha value is -3.11. The third-order valence-electron chi connectivity index (χ3n) is 4.66. The number of rotatable bonds is 7. The molecule has 0 bridgehead atoms. The Morgan fingerprint density at radius 3 is 2.84 bits per heavy atom. The van der Waals surface area contributed by atoms with E-state index in [4.69, 9.17) is 5.73 Å². The Bertz CT molecular complexity index is 1160. The van der Waals surface area contributed by atoms with Crippen molar-refractivity contribution in [3.63, 3.8) is 0 Å². The van der Waals surface area contributed by atoms with Gasteiger partial charge in [-0.2, -0.15) is 0 Å². The first-order chi connectivity index (χ1) is 15.3. The van der Waals surface area contributed by atoms with E-state index in [1.54, 1.807) is 11.6 Å². The SMILES string of the molecule is Cn1cnnc1SCC1=C(C(=O)O)N2C(=O)C(NC(=O)C(=NO)c3csc(N)n3)[C@@H]2SC1. The monoisotopic (exact) mass is 496 g/mol. The summed E-state index contributed by atoms with van der Waals surface area (Å²) in [6.45, 7) is 0. The fourth-order valence-electron chi connectivity index (χ4n) is 3.17. The van der Waals surface area contributed by atoms with Gasteiger partial charge in [0.1, 0.15) is 29.1 Å². The molecule has 4 heterocycles. The minimum atomic E-state index is -1.22. The van der Waals surface area contributed by atoms with Crippen LogP contribution in [0.15, 0.2) is 33.3 Å². The van der Waals surface area contributed by atoms with Crippen LogP contribution in [0.5, 0.6) is 0 Å². The molecule has 0 aromatic carbocycles. The zero-order chi connectivity index (χ0) is 23.0. The normalized spacial score (nSPS) is 20.7. The molecule has 4 rings (SSSR count). The van der Waals surface area contributed by atoms with Crippen LogP contribution < -0.4 is 11.1 Å². The van der Waals surface area contributed by atoms with Crippen LogP contribution >= 0.6 is 34.9 Å². The molecule has 2 aliphatic rings. The van der Waals surface area contributed by atoms with Crippen LogP contribution in [0, 0.1) is 0 Å². The van der Waals surface area contributed by atoms with Crippen molar-refractivity contribution >= 4 is 63.5 Å². The second-order valence-corrected chi connectivity index (χ2v) is 9.59. The summed E-state index contributed by atoms with van der Waals surface area (Å²) in [6.07, 6.45) is 1.54. The summed E-state index contributed by atoms with van der Waals surface area (Å²) in [5, 5.41) is 33.8. The zero-order valence-corrected chi connectivity index (χ0v) is 18.8. The molecule has 168 valence electrons. The number of fused-ring (bicyclic) bond motifs is 1. The average Bonchev–Trinajstić information content (AvgIpc) is 3.37. The molecule has 2 aromatic heterocycles. The predicted octanol–water partition coefficient (Wildman–Crippen LogP) is -0.437. The predicted molar refractivity (Wildman–Crippen MR) is 116 cm³/mol. The number of nitrogen functional groups attached to an aromatic ring is 1. The van der Waals surface area contributed by atoms with E-state index in [1.807, 2.05) is 0 Å². The Morgan fingerprint density at radius 1 is 1.47 bits per heavy atom. The summed E-state index contributed by atoms with van der Waals surface area (Å²) >= 11 is 3.71. The highest BCUT2D eigenvalue weighted by molar-refractivity contribution is 8.01. The molecule has 1 fully saturated rings. The first-order valence-electron chi connectivity index (χ1n) is 8.93. The van der Waals surface area contributed by atoms with Gasteiger partial charge in [-0.1, -0.05) is 16.9 Å². The van der Waals surface area contributed by atoms with E-state index >= 15 is 0 Å². The molecule has 0 spiro atoms. The number of hydrogen-bond donors (Lipinski definition) is 4. The number of anilines is 1. The highest BCUT2D eigenvalue weighted by Gasteiger charge is 2.54. The number of carboxylic acids is 1. The molecule has 0 aliphatic carbocycles. The van der Waals surface area contributed by atoms with Crippen molar-refractivity contribution in [2.45, 2.75) is 16.6 Å². The van der Waals surface area contributed by atoms with Gasteiger partial charge in [0.25, 0.3) is 11.8 Å². The minimum Gasteiger partial charge on any atom is -0.477 e. The number of aryl methyl sites for hydroxylation is 1. The van der Waals surface area contributed by atoms with Gasteiger partial charge in [-0.15, -0.1) is 33.3 Å². The second-order valence-electron chi connectivity index (χ2n) is 6.65. The maximum Gasteiger partial charge on any atom is 0.352 e. The smallest absolute Gasteiger partial charge is 0.352 e. The Morgan fingerprint density at radius 2 is 2.25 bits per heavy atom. The summed E-state index contributed by atoms with van der Waals surface area (Å²) in [6, 6.07) is -0.970. The average molecular weight is 497 g/mol. The van der Waals surface area contributed by atoms with Gasteiger partial charge >= 0.3 is 5.97 Å². The Labute approximate surface area is 192 Å². The summed E-state index contributed by atoms with van der Waals surface area (Å²) in [4.78, 5) is 42.3. The van der Waals surface area contributed by atoms with Crippen molar-refractivity contribution in [3.05, 3.63) is 28.7 Å². The number of oxime groups is 1. The van der Waals surface area contributed by atoms with Crippen molar-refractivity contribution in [2.24, 2.45) is 12.2 Å². The molecule has 2 amide bonds. The molecule has 0 saturated carbocycles. The van der Waals surface area contributed by atoms with Gasteiger partial charge in [-0.05, 0) is 5.57 Å². The van der Waals surface area contributed by atoms with E-state index in [0.717, 1.165) is 11.3 Å². The van der Waals surface area contributed by atoms with Crippen LogP contribution in [0.3, 0.4) is 0 Å². The van der Waals surface area contributed by atoms with Crippen molar-refractivity contribution in [1.29, 1.82) is 0 Å². The summed E-state index contributed by atoms with van der Waals surface area (Å²) in [7, 11) is 1.77. The van der Waals surface area contributed by atoms with Crippen LogP contribution in [0.4, 0.5) is 5.13 Å². The molecule has 16 heteroatoms. The van der Waals surface area contributed by atoms with Gasteiger partial charge in [-0.3, -0.25) is 14.5 Å². The molecule has 5 N–H and O–H groups in total. The zero-order valence-electron chi connectivity index (χ0n) is 16.3. The standard InChI is InChI=1S/C16H16N8O5S3/c1-23-5-18-21-16(23)32-3-6-2-30-13-9(12(26)24(13)10(6)14(27)28)20-11(25)8(22-29)7-4-31-15(17)19-7/h4-5,9,13,29H,2-3H2,1H3,(H2,17,19)(H,20,25)(H,27,28)/t9?,13-/m0/s1. The van der Waals surface area contributed by atoms with Crippen molar-refractivity contribution < 1.29 is 24.7 Å². The molecule has 2 aromatic rings. The maximum absolute atomic E-state index is 12.8. The molecular weight excluding hydrogens is 480 g/mol. The number of carbonyl (C=O) groups is 3. The van der Waals surface area contributed by atoms with Crippen molar-refractivity contribution in [2.75, 3.05) is 17.2 Å². The highest BCUT2D eigenvalue weighted by Crippen LogP contribution is 2.41. The van der Waals surface area contributed by atoms with Crippen LogP contribution in [-0.2, 0) is 21.4 Å². The topological polar surface area (TPSA) is 189 Å². The van der Waals surface area contributed by atoms with Crippen LogP contribution in [0.1, 0.15) is 5.69 Å². The number of nitrogens with two attached hydrogens (primary N) is 1. The number of aliphatic carboxylic acids is 1. The lowest BCUT2D eigenvalue weighted by Gasteiger charge is -2.49. The van der Waals surface area contributed by atoms with Gasteiger partial charge in [0.15, 0.2) is 16.0 Å². The Balaban J connectivity index is 1.48. The number of amides is 2. The lowest BCUT2D eigenvalue weighted by atomic mass is 10.0. The molecule has 2 atom stereocenters. The first kappa shape index (κ1) is 22.1. The number of hydrogen-bond acceptors (Lipinski definition) is 12. The third kappa shape index (κ3) is 3.91. The largest absolute Gasteiger partial charge is 0.477 e. The quantitative estimate of drug-likeness (QED) is 0.128. The summed E-state index contributed by atoms with van der Waals surface area (Å²) in [5.41, 5.74) is 5.70. The van der Waals surface area contributed by atoms with Crippen LogP contribution in [0.2, 0.25) is 0 Å². The van der Waals surface area contributed by atoms with Crippen LogP contribution in [0.25, 0.3) is 0 Å². The van der Waals surface area contributed by atoms with E-state index in [1.165, 1.54) is 40.1 Å². The Kier molecular flexibility index (Phi) is 6.07. The van der Waals surface area contributed by atoms with Crippen molar-refractivity contribution in [1.82, 2.24) is 30.0 Å². The molecule has 1 saturated heterocycles. The van der Waals surface area contributed by atoms with Gasteiger partial charge in [0, 0.05) is 23.9 Å². The van der Waals surface area contributed by atoms with E-state index in [0.29, 0.717) is 22.2 Å². The van der Waals surface area contributed by atoms with Gasteiger partial charge in [0.2, 0.25) is 0 Å². The number of carboxylic acid groups (broad SMARTS) is 1. The molecular formula is C16H16N8O5S3. The number of aromatic nitrogens is 4. The van der Waals surface area contributed by atoms with E-state index in [2.05, 4.69) is 25.7 Å². The number of nitrogens with zero attached hydrogens (tertiary/aromatic N) is 6. The van der Waals surface area contributed by atoms with Gasteiger partial charge in [0.05, 0.1) is 0 Å². The molecule has 2 aliphatic heterocycles. The summed E-state index contributed by atoms with van der Waals surface area (Å²) < 4.78 is 1.71. The fourth-order valence-corrected chi connectivity index (χ4v) is 6.09. The molecule has 32 heavy (non-hydrogen) atoms. The van der Waals surface area contributed by atoms with Gasteiger partial charge in [-0.25, -0.2) is 9.78 Å². The number of carbonyl (C=O) groups excluding carboxylic acids is 2. The first-order valence-corrected chi connectivity index (χ1v) is 11.8.